The van der Waals surface area contributed by atoms with Crippen molar-refractivity contribution in [3.05, 3.63) is 45.4 Å². The fraction of sp³-hybridized carbons (Fsp3) is 0.167. The second-order valence-corrected chi connectivity index (χ2v) is 4.74. The van der Waals surface area contributed by atoms with Gasteiger partial charge in [-0.1, -0.05) is 0 Å². The average molecular weight is 312 g/mol. The molecule has 0 aliphatic rings. The molecular formula is C12H11BrFN3O. The van der Waals surface area contributed by atoms with Gasteiger partial charge in [-0.25, -0.2) is 4.39 Å². The summed E-state index contributed by atoms with van der Waals surface area (Å²) in [6, 6.07) is 4.09. The van der Waals surface area contributed by atoms with E-state index in [1.54, 1.807) is 13.8 Å². The third-order valence-electron chi connectivity index (χ3n) is 2.53. The molecule has 0 aliphatic heterocycles. The van der Waals surface area contributed by atoms with Gasteiger partial charge in [0.15, 0.2) is 0 Å². The number of aromatic nitrogens is 2. The molecule has 0 radical (unpaired) electrons. The molecule has 0 saturated carbocycles. The van der Waals surface area contributed by atoms with Crippen LogP contribution >= 0.6 is 15.9 Å². The maximum absolute atomic E-state index is 12.9. The monoisotopic (exact) mass is 311 g/mol. The van der Waals surface area contributed by atoms with Gasteiger partial charge in [0.05, 0.1) is 16.9 Å². The number of nitrogens with zero attached hydrogens (tertiary/aromatic N) is 1. The SMILES string of the molecule is Cc1n[nH]c(C)c1C(=O)Nc1ccc(F)cc1Br. The lowest BCUT2D eigenvalue weighted by molar-refractivity contribution is 0.102. The minimum absolute atomic E-state index is 0.272. The third kappa shape index (κ3) is 2.43. The first-order valence-corrected chi connectivity index (χ1v) is 6.06. The van der Waals surface area contributed by atoms with E-state index >= 15 is 0 Å². The Morgan fingerprint density at radius 2 is 2.17 bits per heavy atom. The number of nitrogens with one attached hydrogen (secondary N) is 2. The quantitative estimate of drug-likeness (QED) is 0.895. The Kier molecular flexibility index (Phi) is 3.47. The first kappa shape index (κ1) is 12.8. The molecule has 0 unspecified atom stereocenters. The Balaban J connectivity index is 2.27. The predicted molar refractivity (Wildman–Crippen MR) is 70.1 cm³/mol. The van der Waals surface area contributed by atoms with Crippen molar-refractivity contribution >= 4 is 27.5 Å². The maximum Gasteiger partial charge on any atom is 0.259 e. The van der Waals surface area contributed by atoms with Gasteiger partial charge in [-0.3, -0.25) is 9.89 Å². The van der Waals surface area contributed by atoms with Crippen LogP contribution in [-0.4, -0.2) is 16.1 Å². The van der Waals surface area contributed by atoms with Gasteiger partial charge >= 0.3 is 0 Å². The fourth-order valence-corrected chi connectivity index (χ4v) is 2.11. The number of hydrogen-bond acceptors (Lipinski definition) is 2. The molecule has 2 rings (SSSR count). The van der Waals surface area contributed by atoms with E-state index in [1.807, 2.05) is 0 Å². The molecule has 1 aromatic carbocycles. The minimum atomic E-state index is -0.365. The largest absolute Gasteiger partial charge is 0.321 e. The molecule has 0 spiro atoms. The Hall–Kier alpha value is -1.69. The van der Waals surface area contributed by atoms with Crippen LogP contribution in [0.2, 0.25) is 0 Å². The zero-order chi connectivity index (χ0) is 13.3. The van der Waals surface area contributed by atoms with Gasteiger partial charge in [0.1, 0.15) is 5.82 Å². The van der Waals surface area contributed by atoms with Crippen molar-refractivity contribution in [2.75, 3.05) is 5.32 Å². The number of aryl methyl sites for hydroxylation is 2. The number of carbonyl (C=O) groups is 1. The molecule has 6 heteroatoms. The van der Waals surface area contributed by atoms with Gasteiger partial charge < -0.3 is 5.32 Å². The highest BCUT2D eigenvalue weighted by Crippen LogP contribution is 2.24. The van der Waals surface area contributed by atoms with Gasteiger partial charge in [-0.05, 0) is 48.0 Å². The number of aromatic amines is 1. The first-order chi connectivity index (χ1) is 8.49. The number of rotatable bonds is 2. The predicted octanol–water partition coefficient (Wildman–Crippen LogP) is 3.18. The summed E-state index contributed by atoms with van der Waals surface area (Å²) in [6.07, 6.45) is 0. The second-order valence-electron chi connectivity index (χ2n) is 3.89. The molecular weight excluding hydrogens is 301 g/mol. The Morgan fingerprint density at radius 1 is 1.44 bits per heavy atom. The minimum Gasteiger partial charge on any atom is -0.321 e. The van der Waals surface area contributed by atoms with E-state index in [4.69, 9.17) is 0 Å². The van der Waals surface area contributed by atoms with Crippen molar-refractivity contribution in [1.82, 2.24) is 10.2 Å². The standard InChI is InChI=1S/C12H11BrFN3O/c1-6-11(7(2)17-16-6)12(18)15-10-4-3-8(14)5-9(10)13/h3-5H,1-2H3,(H,15,18)(H,16,17). The summed E-state index contributed by atoms with van der Waals surface area (Å²) in [5.74, 6) is -0.637. The summed E-state index contributed by atoms with van der Waals surface area (Å²) in [4.78, 5) is 12.1. The Labute approximate surface area is 112 Å². The van der Waals surface area contributed by atoms with Gasteiger partial charge in [-0.15, -0.1) is 0 Å². The van der Waals surface area contributed by atoms with Crippen LogP contribution in [0, 0.1) is 19.7 Å². The van der Waals surface area contributed by atoms with Crippen molar-refractivity contribution in [3.8, 4) is 0 Å². The van der Waals surface area contributed by atoms with Crippen LogP contribution in [0.4, 0.5) is 10.1 Å². The molecule has 0 saturated heterocycles. The molecule has 1 aromatic heterocycles. The highest BCUT2D eigenvalue weighted by atomic mass is 79.9. The van der Waals surface area contributed by atoms with Gasteiger partial charge in [0.2, 0.25) is 0 Å². The number of anilines is 1. The molecule has 4 nitrogen and oxygen atoms in total. The number of amides is 1. The van der Waals surface area contributed by atoms with E-state index in [9.17, 15) is 9.18 Å². The number of benzene rings is 1. The van der Waals surface area contributed by atoms with Crippen LogP contribution < -0.4 is 5.32 Å². The van der Waals surface area contributed by atoms with Crippen LogP contribution in [0.5, 0.6) is 0 Å². The maximum atomic E-state index is 12.9. The third-order valence-corrected chi connectivity index (χ3v) is 3.19. The highest BCUT2D eigenvalue weighted by molar-refractivity contribution is 9.10. The van der Waals surface area contributed by atoms with Gasteiger partial charge in [0.25, 0.3) is 5.91 Å². The lowest BCUT2D eigenvalue weighted by atomic mass is 10.2. The normalized spacial score (nSPS) is 10.4. The van der Waals surface area contributed by atoms with E-state index < -0.39 is 0 Å². The van der Waals surface area contributed by atoms with Crippen molar-refractivity contribution in [1.29, 1.82) is 0 Å². The first-order valence-electron chi connectivity index (χ1n) is 5.27. The zero-order valence-corrected chi connectivity index (χ0v) is 11.4. The number of carbonyl (C=O) groups excluding carboxylic acids is 1. The van der Waals surface area contributed by atoms with E-state index in [2.05, 4.69) is 31.4 Å². The van der Waals surface area contributed by atoms with Crippen LogP contribution in [0.25, 0.3) is 0 Å². The molecule has 1 heterocycles. The average Bonchev–Trinajstić information content (AvgIpc) is 2.62. The molecule has 2 N–H and O–H groups in total. The molecule has 2 aromatic rings. The Morgan fingerprint density at radius 3 is 2.72 bits per heavy atom. The van der Waals surface area contributed by atoms with Crippen molar-refractivity contribution in [2.45, 2.75) is 13.8 Å². The van der Waals surface area contributed by atoms with E-state index in [0.29, 0.717) is 27.1 Å². The molecule has 94 valence electrons. The van der Waals surface area contributed by atoms with Crippen molar-refractivity contribution < 1.29 is 9.18 Å². The van der Waals surface area contributed by atoms with Crippen molar-refractivity contribution in [2.24, 2.45) is 0 Å². The van der Waals surface area contributed by atoms with Crippen LogP contribution in [-0.2, 0) is 0 Å². The number of H-pyrrole nitrogens is 1. The smallest absolute Gasteiger partial charge is 0.259 e. The van der Waals surface area contributed by atoms with Crippen LogP contribution in [0.1, 0.15) is 21.7 Å². The summed E-state index contributed by atoms with van der Waals surface area (Å²) in [5, 5.41) is 9.41. The molecule has 0 atom stereocenters. The van der Waals surface area contributed by atoms with Crippen molar-refractivity contribution in [3.63, 3.8) is 0 Å². The zero-order valence-electron chi connectivity index (χ0n) is 9.84. The number of halogens is 2. The lowest BCUT2D eigenvalue weighted by Crippen LogP contribution is -2.14. The van der Waals surface area contributed by atoms with Gasteiger partial charge in [-0.2, -0.15) is 5.10 Å². The molecule has 0 fully saturated rings. The second kappa shape index (κ2) is 4.89. The summed E-state index contributed by atoms with van der Waals surface area (Å²) >= 11 is 3.20. The summed E-state index contributed by atoms with van der Waals surface area (Å²) in [7, 11) is 0. The van der Waals surface area contributed by atoms with E-state index in [0.717, 1.165) is 0 Å². The van der Waals surface area contributed by atoms with E-state index in [-0.39, 0.29) is 11.7 Å². The molecule has 0 aliphatic carbocycles. The topological polar surface area (TPSA) is 57.8 Å². The fourth-order valence-electron chi connectivity index (χ4n) is 1.66. The summed E-state index contributed by atoms with van der Waals surface area (Å²) in [5.41, 5.74) is 2.35. The lowest BCUT2D eigenvalue weighted by Gasteiger charge is -2.07. The number of hydrogen-bond donors (Lipinski definition) is 2. The summed E-state index contributed by atoms with van der Waals surface area (Å²) < 4.78 is 13.4. The van der Waals surface area contributed by atoms with E-state index in [1.165, 1.54) is 18.2 Å². The molecule has 1 amide bonds. The molecule has 0 bridgehead atoms. The van der Waals surface area contributed by atoms with Crippen LogP contribution in [0.15, 0.2) is 22.7 Å². The summed E-state index contributed by atoms with van der Waals surface area (Å²) in [6.45, 7) is 3.52. The van der Waals surface area contributed by atoms with Crippen LogP contribution in [0.3, 0.4) is 0 Å². The highest BCUT2D eigenvalue weighted by Gasteiger charge is 2.16. The Bertz CT molecular complexity index is 590. The van der Waals surface area contributed by atoms with Gasteiger partial charge in [0, 0.05) is 10.2 Å². The molecule has 18 heavy (non-hydrogen) atoms.